The molecule has 130 valence electrons. The SMILES string of the molecule is Cc1cccc(C(=O)/C(C#N)=C/c2cc(C)n(Cc3ccco3)c2C)c1. The summed E-state index contributed by atoms with van der Waals surface area (Å²) in [5.74, 6) is 0.603. The van der Waals surface area contributed by atoms with Crippen LogP contribution in [-0.4, -0.2) is 10.4 Å². The maximum Gasteiger partial charge on any atom is 0.203 e. The lowest BCUT2D eigenvalue weighted by Crippen LogP contribution is -2.04. The number of aromatic nitrogens is 1. The van der Waals surface area contributed by atoms with Gasteiger partial charge in [0.15, 0.2) is 0 Å². The van der Waals surface area contributed by atoms with Crippen LogP contribution in [0.1, 0.15) is 38.6 Å². The molecule has 2 heterocycles. The second-order valence-electron chi connectivity index (χ2n) is 6.36. The van der Waals surface area contributed by atoms with Gasteiger partial charge < -0.3 is 8.98 Å². The van der Waals surface area contributed by atoms with Crippen LogP contribution in [0.2, 0.25) is 0 Å². The fourth-order valence-electron chi connectivity index (χ4n) is 3.02. The zero-order chi connectivity index (χ0) is 18.7. The fourth-order valence-corrected chi connectivity index (χ4v) is 3.02. The predicted octanol–water partition coefficient (Wildman–Crippen LogP) is 4.84. The number of hydrogen-bond acceptors (Lipinski definition) is 3. The van der Waals surface area contributed by atoms with E-state index in [9.17, 15) is 10.1 Å². The van der Waals surface area contributed by atoms with Gasteiger partial charge in [0, 0.05) is 17.0 Å². The summed E-state index contributed by atoms with van der Waals surface area (Å²) < 4.78 is 7.53. The second-order valence-corrected chi connectivity index (χ2v) is 6.36. The molecule has 0 unspecified atom stereocenters. The van der Waals surface area contributed by atoms with Gasteiger partial charge in [-0.3, -0.25) is 4.79 Å². The smallest absolute Gasteiger partial charge is 0.203 e. The van der Waals surface area contributed by atoms with Crippen LogP contribution in [0.25, 0.3) is 6.08 Å². The predicted molar refractivity (Wildman–Crippen MR) is 101 cm³/mol. The van der Waals surface area contributed by atoms with Crippen molar-refractivity contribution in [2.24, 2.45) is 0 Å². The first-order valence-electron chi connectivity index (χ1n) is 8.42. The van der Waals surface area contributed by atoms with Gasteiger partial charge in [0.2, 0.25) is 5.78 Å². The van der Waals surface area contributed by atoms with Gasteiger partial charge >= 0.3 is 0 Å². The Bertz CT molecular complexity index is 1020. The lowest BCUT2D eigenvalue weighted by molar-refractivity contribution is 0.104. The number of hydrogen-bond donors (Lipinski definition) is 0. The van der Waals surface area contributed by atoms with Gasteiger partial charge in [-0.1, -0.05) is 23.8 Å². The van der Waals surface area contributed by atoms with E-state index < -0.39 is 0 Å². The van der Waals surface area contributed by atoms with Crippen LogP contribution in [0.3, 0.4) is 0 Å². The van der Waals surface area contributed by atoms with Gasteiger partial charge in [-0.2, -0.15) is 5.26 Å². The van der Waals surface area contributed by atoms with Gasteiger partial charge in [-0.05, 0) is 56.7 Å². The van der Waals surface area contributed by atoms with E-state index >= 15 is 0 Å². The van der Waals surface area contributed by atoms with Crippen molar-refractivity contribution in [1.29, 1.82) is 5.26 Å². The molecule has 3 aromatic rings. The van der Waals surface area contributed by atoms with Gasteiger partial charge in [0.25, 0.3) is 0 Å². The molecule has 0 spiro atoms. The number of furan rings is 1. The van der Waals surface area contributed by atoms with Gasteiger partial charge in [-0.25, -0.2) is 0 Å². The third-order valence-corrected chi connectivity index (χ3v) is 4.45. The van der Waals surface area contributed by atoms with Crippen LogP contribution in [-0.2, 0) is 6.54 Å². The number of Topliss-reactive ketones (excluding diaryl/α,β-unsaturated/α-hetero) is 1. The van der Waals surface area contributed by atoms with Crippen molar-refractivity contribution in [1.82, 2.24) is 4.57 Å². The highest BCUT2D eigenvalue weighted by molar-refractivity contribution is 6.14. The minimum Gasteiger partial charge on any atom is -0.467 e. The van der Waals surface area contributed by atoms with E-state index in [0.717, 1.165) is 28.3 Å². The number of allylic oxidation sites excluding steroid dienone is 1. The number of carbonyl (C=O) groups is 1. The summed E-state index contributed by atoms with van der Waals surface area (Å²) in [4.78, 5) is 12.7. The van der Waals surface area contributed by atoms with E-state index in [4.69, 9.17) is 4.42 Å². The lowest BCUT2D eigenvalue weighted by atomic mass is 10.0. The molecule has 0 saturated heterocycles. The van der Waals surface area contributed by atoms with Gasteiger partial charge in [-0.15, -0.1) is 0 Å². The maximum atomic E-state index is 12.7. The molecule has 0 bridgehead atoms. The van der Waals surface area contributed by atoms with E-state index in [1.807, 2.05) is 51.1 Å². The Morgan fingerprint density at radius 1 is 1.19 bits per heavy atom. The lowest BCUT2D eigenvalue weighted by Gasteiger charge is -2.07. The molecule has 0 N–H and O–H groups in total. The number of rotatable bonds is 5. The molecule has 0 aliphatic heterocycles. The van der Waals surface area contributed by atoms with Crippen LogP contribution in [0, 0.1) is 32.1 Å². The van der Waals surface area contributed by atoms with Crippen molar-refractivity contribution in [2.45, 2.75) is 27.3 Å². The molecule has 0 aliphatic carbocycles. The van der Waals surface area contributed by atoms with Crippen molar-refractivity contribution in [2.75, 3.05) is 0 Å². The van der Waals surface area contributed by atoms with E-state index in [0.29, 0.717) is 12.1 Å². The molecular formula is C22H20N2O2. The van der Waals surface area contributed by atoms with Crippen molar-refractivity contribution in [3.05, 3.63) is 88.1 Å². The Balaban J connectivity index is 1.95. The summed E-state index contributed by atoms with van der Waals surface area (Å²) in [6.45, 7) is 6.52. The van der Waals surface area contributed by atoms with Crippen LogP contribution in [0.4, 0.5) is 0 Å². The van der Waals surface area contributed by atoms with Crippen molar-refractivity contribution in [3.8, 4) is 6.07 Å². The van der Waals surface area contributed by atoms with Gasteiger partial charge in [0.1, 0.15) is 17.4 Å². The average Bonchev–Trinajstić information content (AvgIpc) is 3.23. The quantitative estimate of drug-likeness (QED) is 0.378. The Labute approximate surface area is 153 Å². The minimum atomic E-state index is -0.257. The second kappa shape index (κ2) is 7.28. The minimum absolute atomic E-state index is 0.133. The number of nitriles is 1. The summed E-state index contributed by atoms with van der Waals surface area (Å²) in [5.41, 5.74) is 4.56. The summed E-state index contributed by atoms with van der Waals surface area (Å²) in [7, 11) is 0. The standard InChI is InChI=1S/C22H20N2O2/c1-15-6-4-7-18(10-15)22(25)20(13-23)12-19-11-16(2)24(17(19)3)14-21-8-5-9-26-21/h4-12H,14H2,1-3H3/b20-12+. The highest BCUT2D eigenvalue weighted by Crippen LogP contribution is 2.21. The zero-order valence-corrected chi connectivity index (χ0v) is 15.1. The molecule has 0 amide bonds. The Kier molecular flexibility index (Phi) is 4.90. The largest absolute Gasteiger partial charge is 0.467 e. The first kappa shape index (κ1) is 17.5. The topological polar surface area (TPSA) is 58.9 Å². The number of ketones is 1. The maximum absolute atomic E-state index is 12.7. The molecule has 3 rings (SSSR count). The van der Waals surface area contributed by atoms with E-state index in [1.165, 1.54) is 0 Å². The molecule has 0 atom stereocenters. The molecular weight excluding hydrogens is 324 g/mol. The summed E-state index contributed by atoms with van der Waals surface area (Å²) in [5, 5.41) is 9.50. The third-order valence-electron chi connectivity index (χ3n) is 4.45. The molecule has 1 aromatic carbocycles. The Morgan fingerprint density at radius 2 is 2.00 bits per heavy atom. The molecule has 4 nitrogen and oxygen atoms in total. The number of benzene rings is 1. The number of aryl methyl sites for hydroxylation is 2. The Morgan fingerprint density at radius 3 is 2.65 bits per heavy atom. The molecule has 0 aliphatic rings. The normalized spacial score (nSPS) is 11.4. The summed E-state index contributed by atoms with van der Waals surface area (Å²) in [6, 6.07) is 15.1. The van der Waals surface area contributed by atoms with E-state index in [1.54, 1.807) is 24.5 Å². The molecule has 0 radical (unpaired) electrons. The first-order chi connectivity index (χ1) is 12.5. The van der Waals surface area contributed by atoms with Crippen LogP contribution >= 0.6 is 0 Å². The van der Waals surface area contributed by atoms with Crippen molar-refractivity contribution in [3.63, 3.8) is 0 Å². The summed E-state index contributed by atoms with van der Waals surface area (Å²) >= 11 is 0. The van der Waals surface area contributed by atoms with E-state index in [2.05, 4.69) is 10.6 Å². The Hall–Kier alpha value is -3.32. The van der Waals surface area contributed by atoms with Crippen LogP contribution in [0.5, 0.6) is 0 Å². The fraction of sp³-hybridized carbons (Fsp3) is 0.182. The van der Waals surface area contributed by atoms with Crippen LogP contribution in [0.15, 0.2) is 58.7 Å². The van der Waals surface area contributed by atoms with Gasteiger partial charge in [0.05, 0.1) is 12.8 Å². The average molecular weight is 344 g/mol. The third kappa shape index (κ3) is 3.52. The van der Waals surface area contributed by atoms with Crippen molar-refractivity contribution >= 4 is 11.9 Å². The highest BCUT2D eigenvalue weighted by atomic mass is 16.3. The van der Waals surface area contributed by atoms with E-state index in [-0.39, 0.29) is 11.4 Å². The number of carbonyl (C=O) groups excluding carboxylic acids is 1. The summed E-state index contributed by atoms with van der Waals surface area (Å²) in [6.07, 6.45) is 3.32. The molecule has 2 aromatic heterocycles. The molecule has 26 heavy (non-hydrogen) atoms. The first-order valence-corrected chi connectivity index (χ1v) is 8.42. The van der Waals surface area contributed by atoms with Crippen molar-refractivity contribution < 1.29 is 9.21 Å². The van der Waals surface area contributed by atoms with Crippen LogP contribution < -0.4 is 0 Å². The number of nitrogens with zero attached hydrogens (tertiary/aromatic N) is 2. The monoisotopic (exact) mass is 344 g/mol. The molecule has 4 heteroatoms. The molecule has 0 fully saturated rings. The zero-order valence-electron chi connectivity index (χ0n) is 15.1. The highest BCUT2D eigenvalue weighted by Gasteiger charge is 2.15. The molecule has 0 saturated carbocycles.